The number of nitrogens with one attached hydrogen (secondary N) is 1. The zero-order valence-electron chi connectivity index (χ0n) is 37.8. The Morgan fingerprint density at radius 2 is 1.75 bits per heavy atom. The van der Waals surface area contributed by atoms with Gasteiger partial charge < -0.3 is 54.2 Å². The lowest BCUT2D eigenvalue weighted by molar-refractivity contribution is -0.256. The second-order valence-corrected chi connectivity index (χ2v) is 19.8. The van der Waals surface area contributed by atoms with E-state index in [0.717, 1.165) is 24.6 Å². The number of likely N-dealkylation sites (tertiary alicyclic amines) is 1. The smallest absolute Gasteiger partial charge is 0.312 e. The molecule has 2 aromatic carbocycles. The number of aliphatic hydroxyl groups excluding tert-OH is 1. The van der Waals surface area contributed by atoms with E-state index in [4.69, 9.17) is 28.4 Å². The molecule has 3 aliphatic carbocycles. The molecular weight excluding hydrogens is 911 g/mol. The second kappa shape index (κ2) is 19.2. The number of carbonyl (C=O) groups excluding carboxylic acids is 7. The van der Waals surface area contributed by atoms with Crippen LogP contribution >= 0.6 is 11.8 Å². The highest BCUT2D eigenvalue weighted by Crippen LogP contribution is 2.53. The van der Waals surface area contributed by atoms with Crippen LogP contribution in [0.15, 0.2) is 18.2 Å². The number of ether oxygens (including phenoxy) is 6. The normalized spacial score (nSPS) is 32.2. The van der Waals surface area contributed by atoms with Gasteiger partial charge in [-0.1, -0.05) is 12.1 Å². The number of carbonyl (C=O) groups is 7. The van der Waals surface area contributed by atoms with E-state index in [1.807, 2.05) is 0 Å². The molecule has 4 heterocycles. The summed E-state index contributed by atoms with van der Waals surface area (Å²) in [7, 11) is 3.11. The lowest BCUT2D eigenvalue weighted by Crippen LogP contribution is -2.55. The lowest BCUT2D eigenvalue weighted by atomic mass is 9.72. The van der Waals surface area contributed by atoms with Gasteiger partial charge in [-0.05, 0) is 44.6 Å². The first kappa shape index (κ1) is 48.2. The number of phenolic OH excluding ortho intramolecular Hbond substituents is 2. The zero-order valence-corrected chi connectivity index (χ0v) is 38.6. The summed E-state index contributed by atoms with van der Waals surface area (Å²) in [6.45, 7) is 1.89. The molecule has 4 aliphatic heterocycles. The molecule has 3 amide bonds. The second-order valence-electron chi connectivity index (χ2n) is 18.5. The summed E-state index contributed by atoms with van der Waals surface area (Å²) in [6.07, 6.45) is -3.03. The average Bonchev–Trinajstić information content (AvgIpc) is 3.84. The summed E-state index contributed by atoms with van der Waals surface area (Å²) in [4.78, 5) is 96.9. The maximum Gasteiger partial charge on any atom is 0.312 e. The molecule has 21 heteroatoms. The predicted octanol–water partition coefficient (Wildman–Crippen LogP) is 1.41. The van der Waals surface area contributed by atoms with Gasteiger partial charge in [-0.15, -0.1) is 11.8 Å². The standard InChI is InChI=1S/C47H55N3O17S/c1-21-42-26(49-12-13-63-46(62-3)45(49)67-42)15-33(64-21)66-28-18-47(61,30(52)20-51)17-25-35(28)41(58)37-36(39(25)56)38(55)24-5-4-6-27(34(24)40(37)57)65-32(54)11-14-68-29-16-31(53)50(44(29)60)19-22-7-9-23(10-8-22)43(59)48-2/h4-6,21-23,26,28-29,33,42,45-46,51,56,58,61H,7-20H2,1-3H3,(H,48,59)/t21-,22?,23?,26-,28-,29?,33-,42+,45+,46-,47-/m0/s1. The quantitative estimate of drug-likeness (QED) is 0.0701. The minimum absolute atomic E-state index is 0.00763. The third-order valence-electron chi connectivity index (χ3n) is 14.6. The van der Waals surface area contributed by atoms with Crippen molar-refractivity contribution in [2.45, 2.75) is 119 Å². The number of phenols is 2. The fraction of sp³-hybridized carbons (Fsp3) is 0.596. The highest BCUT2D eigenvalue weighted by molar-refractivity contribution is 8.00. The Kier molecular flexibility index (Phi) is 13.6. The molecule has 5 N–H and O–H groups in total. The third kappa shape index (κ3) is 8.52. The van der Waals surface area contributed by atoms with Gasteiger partial charge >= 0.3 is 5.97 Å². The van der Waals surface area contributed by atoms with Crippen molar-refractivity contribution < 1.29 is 82.4 Å². The number of aliphatic hydroxyl groups is 2. The predicted molar refractivity (Wildman–Crippen MR) is 234 cm³/mol. The third-order valence-corrected chi connectivity index (χ3v) is 15.8. The van der Waals surface area contributed by atoms with Crippen molar-refractivity contribution in [1.29, 1.82) is 0 Å². The molecule has 1 saturated carbocycles. The summed E-state index contributed by atoms with van der Waals surface area (Å²) >= 11 is 1.13. The van der Waals surface area contributed by atoms with E-state index < -0.39 is 113 Å². The fourth-order valence-corrected chi connectivity index (χ4v) is 12.2. The molecule has 0 spiro atoms. The number of nitrogens with zero attached hydrogens (tertiary/aromatic N) is 2. The first-order chi connectivity index (χ1) is 32.6. The molecule has 366 valence electrons. The van der Waals surface area contributed by atoms with Gasteiger partial charge in [0, 0.05) is 87.3 Å². The summed E-state index contributed by atoms with van der Waals surface area (Å²) < 4.78 is 35.9. The van der Waals surface area contributed by atoms with Crippen molar-refractivity contribution in [3.8, 4) is 17.2 Å². The largest absolute Gasteiger partial charge is 0.507 e. The van der Waals surface area contributed by atoms with E-state index in [1.54, 1.807) is 14.0 Å². The number of aromatic hydroxyl groups is 2. The van der Waals surface area contributed by atoms with Gasteiger partial charge in [-0.2, -0.15) is 0 Å². The van der Waals surface area contributed by atoms with Crippen LogP contribution in [0.4, 0.5) is 0 Å². The topological polar surface area (TPSA) is 274 Å². The van der Waals surface area contributed by atoms with Crippen LogP contribution in [0.5, 0.6) is 17.2 Å². The van der Waals surface area contributed by atoms with E-state index in [2.05, 4.69) is 10.2 Å². The van der Waals surface area contributed by atoms with Gasteiger partial charge in [0.2, 0.25) is 23.5 Å². The Morgan fingerprint density at radius 3 is 2.47 bits per heavy atom. The van der Waals surface area contributed by atoms with Crippen LogP contribution in [0, 0.1) is 11.8 Å². The number of Topliss-reactive ketones (excluding diaryl/α,β-unsaturated/α-hetero) is 1. The average molecular weight is 966 g/mol. The Balaban J connectivity index is 0.914. The summed E-state index contributed by atoms with van der Waals surface area (Å²) in [5.41, 5.74) is -4.58. The van der Waals surface area contributed by atoms with E-state index in [0.29, 0.717) is 26.0 Å². The van der Waals surface area contributed by atoms with Gasteiger partial charge in [0.25, 0.3) is 0 Å². The highest BCUT2D eigenvalue weighted by atomic mass is 32.2. The number of thioether (sulfide) groups is 1. The van der Waals surface area contributed by atoms with E-state index >= 15 is 0 Å². The molecule has 0 radical (unpaired) electrons. The monoisotopic (exact) mass is 965 g/mol. The van der Waals surface area contributed by atoms with Gasteiger partial charge in [0.15, 0.2) is 30.4 Å². The van der Waals surface area contributed by atoms with Crippen molar-refractivity contribution in [2.75, 3.05) is 46.2 Å². The molecule has 0 bridgehead atoms. The lowest BCUT2D eigenvalue weighted by Gasteiger charge is -2.43. The number of amides is 3. The molecule has 20 nitrogen and oxygen atoms in total. The molecule has 2 aromatic rings. The van der Waals surface area contributed by atoms with Crippen LogP contribution in [-0.2, 0) is 54.1 Å². The van der Waals surface area contributed by atoms with Gasteiger partial charge in [-0.3, -0.25) is 43.4 Å². The molecule has 9 rings (SSSR count). The molecule has 5 fully saturated rings. The number of methoxy groups -OCH3 is 1. The minimum Gasteiger partial charge on any atom is -0.507 e. The molecule has 7 aliphatic rings. The molecule has 1 unspecified atom stereocenters. The molecular formula is C47H55N3O17S. The van der Waals surface area contributed by atoms with Crippen LogP contribution in [0.3, 0.4) is 0 Å². The Labute approximate surface area is 394 Å². The molecule has 4 saturated heterocycles. The Bertz CT molecular complexity index is 2420. The van der Waals surface area contributed by atoms with Crippen molar-refractivity contribution in [3.63, 3.8) is 0 Å². The molecule has 0 aromatic heterocycles. The van der Waals surface area contributed by atoms with E-state index in [-0.39, 0.29) is 95.2 Å². The zero-order chi connectivity index (χ0) is 48.3. The van der Waals surface area contributed by atoms with E-state index in [1.165, 1.54) is 30.2 Å². The number of rotatable bonds is 13. The fourth-order valence-electron chi connectivity index (χ4n) is 11.1. The maximum atomic E-state index is 14.6. The van der Waals surface area contributed by atoms with Crippen molar-refractivity contribution >= 4 is 52.8 Å². The van der Waals surface area contributed by atoms with Gasteiger partial charge in [0.05, 0.1) is 47.2 Å². The number of ketones is 3. The first-order valence-electron chi connectivity index (χ1n) is 23.0. The van der Waals surface area contributed by atoms with Crippen molar-refractivity contribution in [3.05, 3.63) is 51.6 Å². The van der Waals surface area contributed by atoms with Gasteiger partial charge in [-0.25, -0.2) is 0 Å². The highest BCUT2D eigenvalue weighted by Gasteiger charge is 2.55. The van der Waals surface area contributed by atoms with Crippen molar-refractivity contribution in [1.82, 2.24) is 15.1 Å². The Hall–Kier alpha value is -4.84. The number of fused-ring (bicyclic) bond motifs is 6. The first-order valence-corrected chi connectivity index (χ1v) is 24.1. The number of hydrogen-bond donors (Lipinski definition) is 5. The number of imide groups is 1. The number of benzene rings is 2. The minimum atomic E-state index is -2.33. The molecule has 68 heavy (non-hydrogen) atoms. The number of morpholine rings is 1. The summed E-state index contributed by atoms with van der Waals surface area (Å²) in [5.74, 6) is -6.09. The van der Waals surface area contributed by atoms with Crippen LogP contribution in [0.1, 0.15) is 107 Å². The summed E-state index contributed by atoms with van der Waals surface area (Å²) in [6, 6.07) is 3.71. The molecule has 9 atom stereocenters. The van der Waals surface area contributed by atoms with Crippen LogP contribution in [0.25, 0.3) is 0 Å². The SMILES string of the molecule is CNC(=O)C1CCC(CN2C(=O)CC(SCCC(=O)Oc3cccc4c3C(=O)c3c(O)c5c(c(O)c3C4=O)C[C@@](O)(C(=O)CO)C[C@@H]5O[C@H]3C[C@H]4[C@H](O[C@@H]5[C@@H](OC)OCCN54)[C@H](C)O3)C2=O)CC1. The van der Waals surface area contributed by atoms with Crippen LogP contribution in [-0.4, -0.2) is 165 Å². The van der Waals surface area contributed by atoms with Crippen LogP contribution in [0.2, 0.25) is 0 Å². The number of hydrogen-bond acceptors (Lipinski definition) is 19. The Morgan fingerprint density at radius 1 is 1.00 bits per heavy atom. The van der Waals surface area contributed by atoms with Gasteiger partial charge in [0.1, 0.15) is 35.6 Å². The van der Waals surface area contributed by atoms with Crippen LogP contribution < -0.4 is 10.1 Å². The van der Waals surface area contributed by atoms with E-state index in [9.17, 15) is 54.0 Å². The maximum absolute atomic E-state index is 14.6. The summed E-state index contributed by atoms with van der Waals surface area (Å²) in [5, 5.41) is 47.6. The number of esters is 1. The van der Waals surface area contributed by atoms with Crippen molar-refractivity contribution in [2.24, 2.45) is 11.8 Å².